The average Bonchev–Trinajstić information content (AvgIpc) is 3.92. The SMILES string of the molecule is C1=CCC(C2(C3=CCCC=C3)C3=C(CCC=C3)C3=C2C=C(N(c2ccc(-c4ccccc4)cc2)c2ccc(C4C=Cc5c(c6c(n5-c5ccc(-c7ccccc7)cc5)C=CCC6)C4)cc2)CC3)C=C1. The number of nitrogens with zero attached hydrogens (tertiary/aromatic N) is 2. The number of allylic oxidation sites excluding steroid dienone is 18. The highest BCUT2D eigenvalue weighted by atomic mass is 15.1. The summed E-state index contributed by atoms with van der Waals surface area (Å²) >= 11 is 0. The summed E-state index contributed by atoms with van der Waals surface area (Å²) in [6.45, 7) is 0. The van der Waals surface area contributed by atoms with Crippen molar-refractivity contribution in [3.8, 4) is 27.9 Å². The van der Waals surface area contributed by atoms with Crippen molar-refractivity contribution in [1.29, 1.82) is 0 Å². The highest BCUT2D eigenvalue weighted by molar-refractivity contribution is 5.77. The molecule has 0 spiro atoms. The van der Waals surface area contributed by atoms with Gasteiger partial charge in [-0.3, -0.25) is 0 Å². The fraction of sp³-hybridized carbons (Fsp3) is 0.194. The lowest BCUT2D eigenvalue weighted by Gasteiger charge is -2.44. The van der Waals surface area contributed by atoms with Crippen molar-refractivity contribution in [1.82, 2.24) is 4.57 Å². The molecular formula is C67H58N2. The van der Waals surface area contributed by atoms with Crippen molar-refractivity contribution >= 4 is 23.5 Å². The molecule has 336 valence electrons. The molecule has 0 aliphatic heterocycles. The monoisotopic (exact) mass is 890 g/mol. The van der Waals surface area contributed by atoms with Crippen LogP contribution in [0.4, 0.5) is 11.4 Å². The number of anilines is 2. The van der Waals surface area contributed by atoms with Crippen LogP contribution < -0.4 is 4.90 Å². The van der Waals surface area contributed by atoms with Gasteiger partial charge in [0.2, 0.25) is 0 Å². The Labute approximate surface area is 408 Å². The van der Waals surface area contributed by atoms with Crippen LogP contribution in [0.3, 0.4) is 0 Å². The second kappa shape index (κ2) is 17.6. The number of hydrogen-bond donors (Lipinski definition) is 0. The fourth-order valence-corrected chi connectivity index (χ4v) is 13.0. The van der Waals surface area contributed by atoms with Crippen molar-refractivity contribution in [2.45, 2.75) is 70.1 Å². The van der Waals surface area contributed by atoms with Crippen LogP contribution in [0.5, 0.6) is 0 Å². The molecule has 7 aliphatic carbocycles. The van der Waals surface area contributed by atoms with Gasteiger partial charge in [-0.15, -0.1) is 0 Å². The Bertz CT molecular complexity index is 3280. The molecule has 13 rings (SSSR count). The molecule has 3 unspecified atom stereocenters. The minimum atomic E-state index is -0.205. The van der Waals surface area contributed by atoms with Gasteiger partial charge in [-0.1, -0.05) is 164 Å². The van der Waals surface area contributed by atoms with E-state index in [1.54, 1.807) is 16.7 Å². The fourth-order valence-electron chi connectivity index (χ4n) is 13.0. The molecule has 5 aromatic carbocycles. The summed E-state index contributed by atoms with van der Waals surface area (Å²) < 4.78 is 2.51. The molecule has 6 aromatic rings. The Morgan fingerprint density at radius 1 is 0.493 bits per heavy atom. The van der Waals surface area contributed by atoms with E-state index in [9.17, 15) is 0 Å². The molecule has 0 bridgehead atoms. The van der Waals surface area contributed by atoms with Crippen LogP contribution in [0, 0.1) is 11.3 Å². The van der Waals surface area contributed by atoms with E-state index < -0.39 is 0 Å². The predicted octanol–water partition coefficient (Wildman–Crippen LogP) is 17.3. The van der Waals surface area contributed by atoms with Gasteiger partial charge >= 0.3 is 0 Å². The third kappa shape index (κ3) is 7.14. The van der Waals surface area contributed by atoms with E-state index in [4.69, 9.17) is 0 Å². The van der Waals surface area contributed by atoms with Crippen molar-refractivity contribution in [3.05, 3.63) is 268 Å². The minimum absolute atomic E-state index is 0.205. The molecule has 2 nitrogen and oxygen atoms in total. The number of hydrogen-bond acceptors (Lipinski definition) is 1. The maximum absolute atomic E-state index is 2.66. The lowest BCUT2D eigenvalue weighted by atomic mass is 9.59. The molecule has 1 heterocycles. The summed E-state index contributed by atoms with van der Waals surface area (Å²) in [6.07, 6.45) is 44.9. The number of rotatable bonds is 9. The van der Waals surface area contributed by atoms with Crippen molar-refractivity contribution < 1.29 is 0 Å². The van der Waals surface area contributed by atoms with E-state index in [1.807, 2.05) is 0 Å². The number of aromatic nitrogens is 1. The normalized spacial score (nSPS) is 22.0. The van der Waals surface area contributed by atoms with E-state index in [0.717, 1.165) is 64.2 Å². The molecule has 0 amide bonds. The number of benzene rings is 5. The molecule has 0 fully saturated rings. The van der Waals surface area contributed by atoms with Crippen LogP contribution >= 0.6 is 0 Å². The zero-order chi connectivity index (χ0) is 45.7. The Hall–Kier alpha value is -7.42. The largest absolute Gasteiger partial charge is 0.314 e. The van der Waals surface area contributed by atoms with Gasteiger partial charge < -0.3 is 9.47 Å². The molecular weight excluding hydrogens is 833 g/mol. The van der Waals surface area contributed by atoms with E-state index >= 15 is 0 Å². The minimum Gasteiger partial charge on any atom is -0.314 e. The van der Waals surface area contributed by atoms with Gasteiger partial charge in [0, 0.05) is 40.1 Å². The van der Waals surface area contributed by atoms with Gasteiger partial charge in [0.1, 0.15) is 0 Å². The number of fused-ring (bicyclic) bond motifs is 4. The van der Waals surface area contributed by atoms with Crippen LogP contribution in [-0.2, 0) is 12.8 Å². The maximum Gasteiger partial charge on any atom is 0.0519 e. The third-order valence-electron chi connectivity index (χ3n) is 16.2. The van der Waals surface area contributed by atoms with E-state index in [1.165, 1.54) is 84.2 Å². The first-order valence-electron chi connectivity index (χ1n) is 25.6. The predicted molar refractivity (Wildman–Crippen MR) is 290 cm³/mol. The molecule has 3 atom stereocenters. The first kappa shape index (κ1) is 41.7. The first-order chi connectivity index (χ1) is 34.2. The molecule has 0 radical (unpaired) electrons. The molecule has 2 heteroatoms. The highest BCUT2D eigenvalue weighted by Crippen LogP contribution is 2.63. The van der Waals surface area contributed by atoms with Gasteiger partial charge in [0.15, 0.2) is 0 Å². The Morgan fingerprint density at radius 2 is 1.14 bits per heavy atom. The van der Waals surface area contributed by atoms with Gasteiger partial charge in [-0.2, -0.15) is 0 Å². The Morgan fingerprint density at radius 3 is 1.86 bits per heavy atom. The summed E-state index contributed by atoms with van der Waals surface area (Å²) in [5, 5.41) is 0. The topological polar surface area (TPSA) is 8.17 Å². The maximum atomic E-state index is 2.66. The molecule has 69 heavy (non-hydrogen) atoms. The lowest BCUT2D eigenvalue weighted by Crippen LogP contribution is -2.35. The summed E-state index contributed by atoms with van der Waals surface area (Å²) in [7, 11) is 0. The zero-order valence-corrected chi connectivity index (χ0v) is 39.4. The molecule has 0 N–H and O–H groups in total. The van der Waals surface area contributed by atoms with E-state index in [0.29, 0.717) is 11.8 Å². The van der Waals surface area contributed by atoms with E-state index in [2.05, 4.69) is 228 Å². The smallest absolute Gasteiger partial charge is 0.0519 e. The highest BCUT2D eigenvalue weighted by Gasteiger charge is 2.52. The lowest BCUT2D eigenvalue weighted by molar-refractivity contribution is 0.394. The summed E-state index contributed by atoms with van der Waals surface area (Å²) in [4.78, 5) is 2.59. The van der Waals surface area contributed by atoms with Crippen molar-refractivity contribution in [2.24, 2.45) is 11.3 Å². The summed E-state index contributed by atoms with van der Waals surface area (Å²) in [5.74, 6) is 0.657. The molecule has 0 saturated carbocycles. The van der Waals surface area contributed by atoms with Crippen LogP contribution in [-0.4, -0.2) is 4.57 Å². The first-order valence-corrected chi connectivity index (χ1v) is 25.6. The second-order valence-electron chi connectivity index (χ2n) is 19.9. The standard InChI is InChI=1S/C67H58N2/c1-5-17-47(18-6-1)49-29-36-55(37-30-49)68(58-42-43-60-59-25-13-15-27-63(59)67(64(60)46-58,53-21-9-3-10-22-53)54-23-11-4-12-24-54)56-38-33-51(34-39-56)52-35-44-66-62(45-52)61-26-14-16-28-65(61)69(66)57-40-31-50(32-41-57)48-19-7-2-8-20-48/h1-3,5-11,15-21,23-24,27-41,44,46,52-53H,4,12-14,22,25-26,42-43,45H2. The van der Waals surface area contributed by atoms with Crippen LogP contribution in [0.1, 0.15) is 85.4 Å². The quantitative estimate of drug-likeness (QED) is 0.140. The Kier molecular flexibility index (Phi) is 10.6. The zero-order valence-electron chi connectivity index (χ0n) is 39.4. The summed E-state index contributed by atoms with van der Waals surface area (Å²) in [5.41, 5.74) is 24.7. The van der Waals surface area contributed by atoms with E-state index in [-0.39, 0.29) is 5.41 Å². The van der Waals surface area contributed by atoms with Gasteiger partial charge in [0.05, 0.1) is 5.41 Å². The average molecular weight is 891 g/mol. The van der Waals surface area contributed by atoms with Crippen molar-refractivity contribution in [3.63, 3.8) is 0 Å². The second-order valence-corrected chi connectivity index (χ2v) is 19.9. The molecule has 0 saturated heterocycles. The molecule has 7 aliphatic rings. The van der Waals surface area contributed by atoms with Gasteiger partial charge in [0.25, 0.3) is 0 Å². The van der Waals surface area contributed by atoms with Crippen LogP contribution in [0.2, 0.25) is 0 Å². The van der Waals surface area contributed by atoms with Gasteiger partial charge in [-0.25, -0.2) is 0 Å². The van der Waals surface area contributed by atoms with Gasteiger partial charge in [-0.05, 0) is 192 Å². The van der Waals surface area contributed by atoms with Crippen LogP contribution in [0.25, 0.3) is 40.1 Å². The summed E-state index contributed by atoms with van der Waals surface area (Å²) in [6, 6.07) is 49.6. The third-order valence-corrected chi connectivity index (χ3v) is 16.2. The van der Waals surface area contributed by atoms with Crippen molar-refractivity contribution in [2.75, 3.05) is 4.90 Å². The Balaban J connectivity index is 0.876. The molecule has 1 aromatic heterocycles. The van der Waals surface area contributed by atoms with Crippen LogP contribution in [0.15, 0.2) is 240 Å².